The van der Waals surface area contributed by atoms with Gasteiger partial charge in [0.25, 0.3) is 0 Å². The fraction of sp³-hybridized carbons (Fsp3) is 0.259. The van der Waals surface area contributed by atoms with Crippen molar-refractivity contribution in [3.05, 3.63) is 107 Å². The second-order valence-corrected chi connectivity index (χ2v) is 8.89. The summed E-state index contributed by atoms with van der Waals surface area (Å²) >= 11 is 0. The van der Waals surface area contributed by atoms with Crippen LogP contribution in [0.4, 0.5) is 0 Å². The summed E-state index contributed by atoms with van der Waals surface area (Å²) < 4.78 is 0. The highest BCUT2D eigenvalue weighted by Gasteiger charge is 2.68. The lowest BCUT2D eigenvalue weighted by Gasteiger charge is -2.57. The van der Waals surface area contributed by atoms with Gasteiger partial charge in [0, 0.05) is 18.4 Å². The van der Waals surface area contributed by atoms with E-state index in [1.165, 1.54) is 32.7 Å². The van der Waals surface area contributed by atoms with Crippen molar-refractivity contribution in [3.63, 3.8) is 0 Å². The summed E-state index contributed by atoms with van der Waals surface area (Å²) in [5.74, 6) is -0.810. The topological polar surface area (TPSA) is 37.4 Å². The molecule has 3 heteroatoms. The molecule has 1 aliphatic heterocycles. The Hall–Kier alpha value is -3.20. The third-order valence-corrected chi connectivity index (χ3v) is 7.89. The Morgan fingerprint density at radius 1 is 0.767 bits per heavy atom. The Morgan fingerprint density at radius 3 is 1.90 bits per heavy atom. The van der Waals surface area contributed by atoms with Crippen LogP contribution in [-0.4, -0.2) is 23.8 Å². The molecule has 3 aromatic carbocycles. The molecule has 3 aliphatic carbocycles. The number of likely N-dealkylation sites (tertiary alicyclic amines) is 1. The lowest BCUT2D eigenvalue weighted by molar-refractivity contribution is -0.138. The van der Waals surface area contributed by atoms with Gasteiger partial charge in [-0.15, -0.1) is 0 Å². The van der Waals surface area contributed by atoms with Crippen molar-refractivity contribution in [1.29, 1.82) is 0 Å². The fourth-order valence-corrected chi connectivity index (χ4v) is 6.71. The number of carbonyl (C=O) groups is 2. The maximum absolute atomic E-state index is 13.6. The number of benzene rings is 3. The minimum absolute atomic E-state index is 0.0383. The van der Waals surface area contributed by atoms with Crippen molar-refractivity contribution >= 4 is 11.8 Å². The minimum atomic E-state index is -0.564. The standard InChI is InChI=1S/C27H23NO2/c1-16(17-10-4-3-5-11-17)27-20-14-8-6-12-18(20)22(19-13-7-9-15-21(19)27)23-24(27)26(30)28(2)25(23)29/h3-16,22-24H,1-2H3/t16-,22?,23-,24+,27?/m1/s1. The van der Waals surface area contributed by atoms with E-state index in [1.54, 1.807) is 7.05 Å². The highest BCUT2D eigenvalue weighted by molar-refractivity contribution is 6.08. The third kappa shape index (κ3) is 1.86. The van der Waals surface area contributed by atoms with E-state index < -0.39 is 5.41 Å². The molecule has 7 rings (SSSR count). The fourth-order valence-electron chi connectivity index (χ4n) is 6.71. The van der Waals surface area contributed by atoms with Crippen molar-refractivity contribution in [2.75, 3.05) is 7.05 Å². The summed E-state index contributed by atoms with van der Waals surface area (Å²) in [4.78, 5) is 28.4. The number of rotatable bonds is 2. The van der Waals surface area contributed by atoms with Gasteiger partial charge in [0.15, 0.2) is 0 Å². The molecular formula is C27H23NO2. The van der Waals surface area contributed by atoms with E-state index in [0.717, 1.165) is 0 Å². The molecule has 1 heterocycles. The van der Waals surface area contributed by atoms with Crippen molar-refractivity contribution in [3.8, 4) is 0 Å². The van der Waals surface area contributed by atoms with E-state index in [-0.39, 0.29) is 35.5 Å². The van der Waals surface area contributed by atoms with Gasteiger partial charge in [0.2, 0.25) is 11.8 Å². The molecule has 3 aromatic rings. The van der Waals surface area contributed by atoms with Crippen LogP contribution in [0.5, 0.6) is 0 Å². The maximum atomic E-state index is 13.6. The molecule has 3 atom stereocenters. The summed E-state index contributed by atoms with van der Waals surface area (Å²) in [5, 5.41) is 0. The van der Waals surface area contributed by atoms with E-state index in [2.05, 4.69) is 79.7 Å². The zero-order chi connectivity index (χ0) is 20.6. The van der Waals surface area contributed by atoms with Crippen LogP contribution >= 0.6 is 0 Å². The summed E-state index contributed by atoms with van der Waals surface area (Å²) in [5.41, 5.74) is 5.46. The molecule has 3 nitrogen and oxygen atoms in total. The Labute approximate surface area is 176 Å². The zero-order valence-corrected chi connectivity index (χ0v) is 17.1. The summed E-state index contributed by atoms with van der Waals surface area (Å²) in [6.45, 7) is 2.22. The second kappa shape index (κ2) is 5.91. The van der Waals surface area contributed by atoms with E-state index in [4.69, 9.17) is 0 Å². The lowest BCUT2D eigenvalue weighted by atomic mass is 9.43. The first-order chi connectivity index (χ1) is 14.6. The predicted octanol–water partition coefficient (Wildman–Crippen LogP) is 4.47. The summed E-state index contributed by atoms with van der Waals surface area (Å²) in [6, 6.07) is 27.4. The van der Waals surface area contributed by atoms with Crippen LogP contribution in [0.2, 0.25) is 0 Å². The maximum Gasteiger partial charge on any atom is 0.234 e. The SMILES string of the molecule is C[C@H](c1ccccc1)C12c3ccccc3C(c3ccccc31)[C@H]1C(=O)N(C)C(=O)[C@H]12. The third-order valence-electron chi connectivity index (χ3n) is 7.89. The van der Waals surface area contributed by atoms with Crippen LogP contribution in [0.15, 0.2) is 78.9 Å². The highest BCUT2D eigenvalue weighted by Crippen LogP contribution is 2.67. The first-order valence-electron chi connectivity index (χ1n) is 10.6. The van der Waals surface area contributed by atoms with Crippen LogP contribution in [0, 0.1) is 11.8 Å². The van der Waals surface area contributed by atoms with Crippen LogP contribution in [0.3, 0.4) is 0 Å². The summed E-state index contributed by atoms with van der Waals surface area (Å²) in [6.07, 6.45) is 0. The number of hydrogen-bond acceptors (Lipinski definition) is 2. The zero-order valence-electron chi connectivity index (χ0n) is 17.1. The summed E-state index contributed by atoms with van der Waals surface area (Å²) in [7, 11) is 1.65. The molecule has 0 saturated carbocycles. The normalized spacial score (nSPS) is 29.4. The lowest BCUT2D eigenvalue weighted by Crippen LogP contribution is -2.56. The molecule has 148 valence electrons. The van der Waals surface area contributed by atoms with Gasteiger partial charge < -0.3 is 0 Å². The molecular weight excluding hydrogens is 370 g/mol. The number of nitrogens with zero attached hydrogens (tertiary/aromatic N) is 1. The van der Waals surface area contributed by atoms with Crippen molar-refractivity contribution in [2.45, 2.75) is 24.2 Å². The van der Waals surface area contributed by atoms with Crippen LogP contribution < -0.4 is 0 Å². The smallest absolute Gasteiger partial charge is 0.234 e. The molecule has 0 N–H and O–H groups in total. The van der Waals surface area contributed by atoms with E-state index >= 15 is 0 Å². The van der Waals surface area contributed by atoms with Gasteiger partial charge >= 0.3 is 0 Å². The van der Waals surface area contributed by atoms with E-state index in [0.29, 0.717) is 0 Å². The first kappa shape index (κ1) is 17.6. The minimum Gasteiger partial charge on any atom is -0.285 e. The molecule has 0 spiro atoms. The molecule has 1 fully saturated rings. The highest BCUT2D eigenvalue weighted by atomic mass is 16.2. The second-order valence-electron chi connectivity index (χ2n) is 8.89. The van der Waals surface area contributed by atoms with Crippen LogP contribution in [-0.2, 0) is 15.0 Å². The average molecular weight is 393 g/mol. The quantitative estimate of drug-likeness (QED) is 0.603. The van der Waals surface area contributed by atoms with Crippen molar-refractivity contribution < 1.29 is 9.59 Å². The Bertz CT molecular complexity index is 1150. The van der Waals surface area contributed by atoms with Gasteiger partial charge in [-0.25, -0.2) is 0 Å². The predicted molar refractivity (Wildman–Crippen MR) is 115 cm³/mol. The molecule has 1 saturated heterocycles. The Kier molecular flexibility index (Phi) is 3.48. The Balaban J connectivity index is 1.76. The van der Waals surface area contributed by atoms with Crippen molar-refractivity contribution in [2.24, 2.45) is 11.8 Å². The largest absolute Gasteiger partial charge is 0.285 e. The number of carbonyl (C=O) groups excluding carboxylic acids is 2. The van der Waals surface area contributed by atoms with Crippen molar-refractivity contribution in [1.82, 2.24) is 4.90 Å². The van der Waals surface area contributed by atoms with Crippen LogP contribution in [0.25, 0.3) is 0 Å². The van der Waals surface area contributed by atoms with Gasteiger partial charge in [-0.1, -0.05) is 85.8 Å². The van der Waals surface area contributed by atoms with E-state index in [1.807, 2.05) is 6.07 Å². The molecule has 4 aliphatic rings. The van der Waals surface area contributed by atoms with Gasteiger partial charge in [0.1, 0.15) is 0 Å². The monoisotopic (exact) mass is 393 g/mol. The molecule has 30 heavy (non-hydrogen) atoms. The van der Waals surface area contributed by atoms with Gasteiger partial charge in [-0.3, -0.25) is 14.5 Å². The number of imide groups is 1. The molecule has 0 unspecified atom stereocenters. The average Bonchev–Trinajstić information content (AvgIpc) is 3.04. The van der Waals surface area contributed by atoms with E-state index in [9.17, 15) is 9.59 Å². The molecule has 2 bridgehead atoms. The molecule has 2 amide bonds. The first-order valence-corrected chi connectivity index (χ1v) is 10.6. The molecule has 0 radical (unpaired) electrons. The van der Waals surface area contributed by atoms with Gasteiger partial charge in [0.05, 0.1) is 11.8 Å². The van der Waals surface area contributed by atoms with Gasteiger partial charge in [-0.05, 0) is 33.7 Å². The number of amides is 2. The Morgan fingerprint density at radius 2 is 1.30 bits per heavy atom. The van der Waals surface area contributed by atoms with Crippen LogP contribution in [0.1, 0.15) is 46.6 Å². The van der Waals surface area contributed by atoms with Gasteiger partial charge in [-0.2, -0.15) is 0 Å². The molecule has 0 aromatic heterocycles. The number of hydrogen-bond donors (Lipinski definition) is 0.